The second-order valence-corrected chi connectivity index (χ2v) is 5.23. The normalized spacial score (nSPS) is 11.2. The molecule has 14 heavy (non-hydrogen) atoms. The Labute approximate surface area is 91.2 Å². The van der Waals surface area contributed by atoms with E-state index in [-0.39, 0.29) is 6.09 Å². The third-order valence-electron chi connectivity index (χ3n) is 1.55. The second kappa shape index (κ2) is 6.17. The van der Waals surface area contributed by atoms with Crippen LogP contribution in [0.1, 0.15) is 27.2 Å². The maximum absolute atomic E-state index is 11.4. The van der Waals surface area contributed by atoms with E-state index in [2.05, 4.69) is 6.26 Å². The van der Waals surface area contributed by atoms with Crippen LogP contribution < -0.4 is 0 Å². The molecule has 0 aliphatic rings. The lowest BCUT2D eigenvalue weighted by atomic mass is 10.2. The topological polar surface area (TPSA) is 29.5 Å². The SMILES string of the molecule is CSCCCN(C)C(=O)OC(C)(C)C. The molecule has 0 rings (SSSR count). The second-order valence-electron chi connectivity index (χ2n) is 4.25. The van der Waals surface area contributed by atoms with Gasteiger partial charge in [0.25, 0.3) is 0 Å². The number of hydrogen-bond acceptors (Lipinski definition) is 3. The molecule has 0 aromatic heterocycles. The molecule has 0 unspecified atom stereocenters. The van der Waals surface area contributed by atoms with Crippen molar-refractivity contribution < 1.29 is 9.53 Å². The van der Waals surface area contributed by atoms with E-state index in [4.69, 9.17) is 4.74 Å². The van der Waals surface area contributed by atoms with Gasteiger partial charge in [0.15, 0.2) is 0 Å². The van der Waals surface area contributed by atoms with Crippen molar-refractivity contribution in [3.8, 4) is 0 Å². The lowest BCUT2D eigenvalue weighted by molar-refractivity contribution is 0.0299. The molecule has 0 fully saturated rings. The molecule has 4 heteroatoms. The van der Waals surface area contributed by atoms with Gasteiger partial charge in [0.1, 0.15) is 5.60 Å². The Bertz CT molecular complexity index is 177. The smallest absolute Gasteiger partial charge is 0.410 e. The standard InChI is InChI=1S/C10H21NO2S/c1-10(2,3)13-9(12)11(4)7-6-8-14-5/h6-8H2,1-5H3. The monoisotopic (exact) mass is 219 g/mol. The Kier molecular flexibility index (Phi) is 6.00. The highest BCUT2D eigenvalue weighted by Crippen LogP contribution is 2.09. The summed E-state index contributed by atoms with van der Waals surface area (Å²) in [4.78, 5) is 13.1. The summed E-state index contributed by atoms with van der Waals surface area (Å²) >= 11 is 1.79. The molecule has 0 saturated carbocycles. The number of nitrogens with zero attached hydrogens (tertiary/aromatic N) is 1. The molecule has 0 atom stereocenters. The Morgan fingerprint density at radius 1 is 1.43 bits per heavy atom. The van der Waals surface area contributed by atoms with Crippen molar-refractivity contribution in [1.29, 1.82) is 0 Å². The largest absolute Gasteiger partial charge is 0.444 e. The molecule has 84 valence electrons. The molecule has 0 N–H and O–H groups in total. The molecule has 3 nitrogen and oxygen atoms in total. The number of amides is 1. The average Bonchev–Trinajstić information content (AvgIpc) is 2.01. The van der Waals surface area contributed by atoms with Crippen LogP contribution >= 0.6 is 11.8 Å². The lowest BCUT2D eigenvalue weighted by Gasteiger charge is -2.24. The molecule has 0 saturated heterocycles. The van der Waals surface area contributed by atoms with Gasteiger partial charge in [-0.1, -0.05) is 0 Å². The number of carbonyl (C=O) groups excluding carboxylic acids is 1. The highest BCUT2D eigenvalue weighted by molar-refractivity contribution is 7.98. The van der Waals surface area contributed by atoms with Gasteiger partial charge < -0.3 is 9.64 Å². The number of thioether (sulfide) groups is 1. The molecule has 0 radical (unpaired) electrons. The third kappa shape index (κ3) is 7.06. The molecular weight excluding hydrogens is 198 g/mol. The summed E-state index contributed by atoms with van der Waals surface area (Å²) in [5, 5.41) is 0. The number of hydrogen-bond donors (Lipinski definition) is 0. The van der Waals surface area contributed by atoms with Crippen molar-refractivity contribution in [2.24, 2.45) is 0 Å². The van der Waals surface area contributed by atoms with Crippen molar-refractivity contribution in [3.05, 3.63) is 0 Å². The fourth-order valence-electron chi connectivity index (χ4n) is 0.877. The van der Waals surface area contributed by atoms with Crippen LogP contribution in [0.4, 0.5) is 4.79 Å². The first-order valence-electron chi connectivity index (χ1n) is 4.80. The fraction of sp³-hybridized carbons (Fsp3) is 0.900. The molecule has 0 spiro atoms. The molecule has 0 aromatic rings. The molecule has 1 amide bonds. The summed E-state index contributed by atoms with van der Waals surface area (Å²) in [7, 11) is 1.77. The van der Waals surface area contributed by atoms with Crippen molar-refractivity contribution in [2.45, 2.75) is 32.8 Å². The molecule has 0 aromatic carbocycles. The highest BCUT2D eigenvalue weighted by atomic mass is 32.2. The first-order valence-corrected chi connectivity index (χ1v) is 6.19. The van der Waals surface area contributed by atoms with Crippen molar-refractivity contribution in [3.63, 3.8) is 0 Å². The minimum Gasteiger partial charge on any atom is -0.444 e. The van der Waals surface area contributed by atoms with Crippen molar-refractivity contribution in [2.75, 3.05) is 25.6 Å². The van der Waals surface area contributed by atoms with Crippen LogP contribution in [0.25, 0.3) is 0 Å². The molecule has 0 aliphatic carbocycles. The van der Waals surface area contributed by atoms with Crippen LogP contribution in [0.5, 0.6) is 0 Å². The molecule has 0 heterocycles. The van der Waals surface area contributed by atoms with E-state index in [0.717, 1.165) is 18.7 Å². The summed E-state index contributed by atoms with van der Waals surface area (Å²) in [6.07, 6.45) is 2.84. The quantitative estimate of drug-likeness (QED) is 0.681. The van der Waals surface area contributed by atoms with E-state index in [9.17, 15) is 4.79 Å². The Balaban J connectivity index is 3.77. The van der Waals surface area contributed by atoms with E-state index in [1.807, 2.05) is 20.8 Å². The first kappa shape index (κ1) is 13.6. The van der Waals surface area contributed by atoms with Crippen molar-refractivity contribution in [1.82, 2.24) is 4.90 Å². The zero-order chi connectivity index (χ0) is 11.2. The minimum absolute atomic E-state index is 0.237. The Morgan fingerprint density at radius 3 is 2.43 bits per heavy atom. The van der Waals surface area contributed by atoms with E-state index in [1.54, 1.807) is 23.7 Å². The Hall–Kier alpha value is -0.380. The summed E-state index contributed by atoms with van der Waals surface area (Å²) in [5.41, 5.74) is -0.398. The van der Waals surface area contributed by atoms with Gasteiger partial charge in [0.05, 0.1) is 0 Å². The van der Waals surface area contributed by atoms with Gasteiger partial charge in [0.2, 0.25) is 0 Å². The lowest BCUT2D eigenvalue weighted by Crippen LogP contribution is -2.34. The zero-order valence-electron chi connectivity index (χ0n) is 9.79. The van der Waals surface area contributed by atoms with Gasteiger partial charge in [-0.15, -0.1) is 0 Å². The summed E-state index contributed by atoms with van der Waals surface area (Å²) in [5.74, 6) is 1.08. The predicted molar refractivity (Wildman–Crippen MR) is 61.9 cm³/mol. The highest BCUT2D eigenvalue weighted by Gasteiger charge is 2.18. The Morgan fingerprint density at radius 2 is 2.00 bits per heavy atom. The number of carbonyl (C=O) groups is 1. The van der Waals surface area contributed by atoms with Crippen LogP contribution in [0.3, 0.4) is 0 Å². The van der Waals surface area contributed by atoms with Gasteiger partial charge in [0, 0.05) is 13.6 Å². The van der Waals surface area contributed by atoms with E-state index in [1.165, 1.54) is 0 Å². The summed E-state index contributed by atoms with van der Waals surface area (Å²) in [6, 6.07) is 0. The molecular formula is C10H21NO2S. The average molecular weight is 219 g/mol. The van der Waals surface area contributed by atoms with E-state index >= 15 is 0 Å². The maximum atomic E-state index is 11.4. The van der Waals surface area contributed by atoms with Gasteiger partial charge in [-0.2, -0.15) is 11.8 Å². The van der Waals surface area contributed by atoms with E-state index in [0.29, 0.717) is 0 Å². The first-order chi connectivity index (χ1) is 6.37. The molecule has 0 bridgehead atoms. The number of rotatable bonds is 4. The summed E-state index contributed by atoms with van der Waals surface area (Å²) < 4.78 is 5.21. The third-order valence-corrected chi connectivity index (χ3v) is 2.24. The van der Waals surface area contributed by atoms with Crippen LogP contribution in [0.15, 0.2) is 0 Å². The maximum Gasteiger partial charge on any atom is 0.410 e. The van der Waals surface area contributed by atoms with Crippen molar-refractivity contribution >= 4 is 17.9 Å². The van der Waals surface area contributed by atoms with Gasteiger partial charge >= 0.3 is 6.09 Å². The minimum atomic E-state index is -0.398. The van der Waals surface area contributed by atoms with Crippen LogP contribution in [-0.2, 0) is 4.74 Å². The van der Waals surface area contributed by atoms with E-state index < -0.39 is 5.60 Å². The van der Waals surface area contributed by atoms with Crippen LogP contribution in [-0.4, -0.2) is 42.2 Å². The number of ether oxygens (including phenoxy) is 1. The van der Waals surface area contributed by atoms with Crippen LogP contribution in [0, 0.1) is 0 Å². The zero-order valence-corrected chi connectivity index (χ0v) is 10.6. The molecule has 0 aliphatic heterocycles. The van der Waals surface area contributed by atoms with Gasteiger partial charge in [-0.25, -0.2) is 4.79 Å². The fourth-order valence-corrected chi connectivity index (χ4v) is 1.29. The predicted octanol–water partition coefficient (Wildman–Crippen LogP) is 2.61. The van der Waals surface area contributed by atoms with Crippen LogP contribution in [0.2, 0.25) is 0 Å². The van der Waals surface area contributed by atoms with Gasteiger partial charge in [-0.3, -0.25) is 0 Å². The van der Waals surface area contributed by atoms with Gasteiger partial charge in [-0.05, 0) is 39.2 Å². The summed E-state index contributed by atoms with van der Waals surface area (Å²) in [6.45, 7) is 6.39.